The van der Waals surface area contributed by atoms with Gasteiger partial charge in [0, 0.05) is 30.5 Å². The predicted molar refractivity (Wildman–Crippen MR) is 82.2 cm³/mol. The molecule has 0 aliphatic rings. The molecule has 1 atom stereocenters. The smallest absolute Gasteiger partial charge is 0.191 e. The van der Waals surface area contributed by atoms with Crippen LogP contribution in [0.5, 0.6) is 0 Å². The van der Waals surface area contributed by atoms with Crippen molar-refractivity contribution in [2.45, 2.75) is 30.3 Å². The summed E-state index contributed by atoms with van der Waals surface area (Å²) in [5.41, 5.74) is 1.12. The van der Waals surface area contributed by atoms with Gasteiger partial charge in [0.15, 0.2) is 5.16 Å². The standard InChI is InChI=1S/C14H18ClN3OS/c1-11(12-6-3-4-7-13(12)15)20-14-17-16-10-18(14)8-5-9-19-2/h3-4,6-7,10-11H,5,8-9H2,1-2H3. The molecule has 1 aromatic carbocycles. The van der Waals surface area contributed by atoms with Gasteiger partial charge in [-0.05, 0) is 25.0 Å². The lowest BCUT2D eigenvalue weighted by atomic mass is 10.2. The highest BCUT2D eigenvalue weighted by Crippen LogP contribution is 2.36. The highest BCUT2D eigenvalue weighted by atomic mass is 35.5. The maximum Gasteiger partial charge on any atom is 0.191 e. The Labute approximate surface area is 128 Å². The number of aromatic nitrogens is 3. The number of hydrogen-bond acceptors (Lipinski definition) is 4. The van der Waals surface area contributed by atoms with Crippen LogP contribution in [-0.4, -0.2) is 28.5 Å². The Morgan fingerprint density at radius 3 is 2.95 bits per heavy atom. The van der Waals surface area contributed by atoms with E-state index >= 15 is 0 Å². The number of benzene rings is 1. The molecule has 0 amide bonds. The molecule has 6 heteroatoms. The van der Waals surface area contributed by atoms with E-state index in [1.165, 1.54) is 0 Å². The summed E-state index contributed by atoms with van der Waals surface area (Å²) in [5.74, 6) is 0. The average Bonchev–Trinajstić information content (AvgIpc) is 2.87. The van der Waals surface area contributed by atoms with E-state index in [2.05, 4.69) is 21.7 Å². The van der Waals surface area contributed by atoms with Crippen LogP contribution in [0.3, 0.4) is 0 Å². The molecule has 1 aromatic heterocycles. The minimum atomic E-state index is 0.231. The largest absolute Gasteiger partial charge is 0.385 e. The Kier molecular flexibility index (Phi) is 5.88. The number of thioether (sulfide) groups is 1. The van der Waals surface area contributed by atoms with Crippen molar-refractivity contribution >= 4 is 23.4 Å². The van der Waals surface area contributed by atoms with E-state index in [1.54, 1.807) is 25.2 Å². The van der Waals surface area contributed by atoms with Crippen LogP contribution in [-0.2, 0) is 11.3 Å². The molecule has 4 nitrogen and oxygen atoms in total. The number of nitrogens with zero attached hydrogens (tertiary/aromatic N) is 3. The lowest BCUT2D eigenvalue weighted by molar-refractivity contribution is 0.189. The van der Waals surface area contributed by atoms with Gasteiger partial charge >= 0.3 is 0 Å². The number of halogens is 1. The fourth-order valence-corrected chi connectivity index (χ4v) is 3.28. The lowest BCUT2D eigenvalue weighted by Gasteiger charge is -2.13. The van der Waals surface area contributed by atoms with Gasteiger partial charge in [0.1, 0.15) is 6.33 Å². The molecule has 1 heterocycles. The molecule has 0 saturated heterocycles. The monoisotopic (exact) mass is 311 g/mol. The molecule has 108 valence electrons. The van der Waals surface area contributed by atoms with Crippen LogP contribution in [0.15, 0.2) is 35.7 Å². The van der Waals surface area contributed by atoms with Gasteiger partial charge in [-0.3, -0.25) is 0 Å². The van der Waals surface area contributed by atoms with Crippen LogP contribution in [0.1, 0.15) is 24.2 Å². The highest BCUT2D eigenvalue weighted by molar-refractivity contribution is 7.99. The summed E-state index contributed by atoms with van der Waals surface area (Å²) in [4.78, 5) is 0. The summed E-state index contributed by atoms with van der Waals surface area (Å²) in [7, 11) is 1.71. The van der Waals surface area contributed by atoms with Crippen molar-refractivity contribution in [2.24, 2.45) is 0 Å². The van der Waals surface area contributed by atoms with E-state index in [4.69, 9.17) is 16.3 Å². The Hall–Kier alpha value is -1.04. The van der Waals surface area contributed by atoms with Crippen LogP contribution in [0.4, 0.5) is 0 Å². The Balaban J connectivity index is 2.03. The molecule has 2 aromatic rings. The van der Waals surface area contributed by atoms with Gasteiger partial charge in [-0.1, -0.05) is 41.6 Å². The summed E-state index contributed by atoms with van der Waals surface area (Å²) in [6.07, 6.45) is 2.71. The van der Waals surface area contributed by atoms with Gasteiger partial charge in [-0.25, -0.2) is 0 Å². The third kappa shape index (κ3) is 3.98. The Morgan fingerprint density at radius 2 is 2.20 bits per heavy atom. The van der Waals surface area contributed by atoms with E-state index in [0.29, 0.717) is 0 Å². The first-order valence-electron chi connectivity index (χ1n) is 6.50. The first-order valence-corrected chi connectivity index (χ1v) is 7.76. The third-order valence-electron chi connectivity index (χ3n) is 2.95. The van der Waals surface area contributed by atoms with Gasteiger partial charge < -0.3 is 9.30 Å². The summed E-state index contributed by atoms with van der Waals surface area (Å²) >= 11 is 7.90. The number of rotatable bonds is 7. The number of aryl methyl sites for hydroxylation is 1. The van der Waals surface area contributed by atoms with Gasteiger partial charge in [0.2, 0.25) is 0 Å². The van der Waals surface area contributed by atoms with E-state index in [0.717, 1.165) is 35.3 Å². The van der Waals surface area contributed by atoms with E-state index < -0.39 is 0 Å². The second-order valence-corrected chi connectivity index (χ2v) is 6.15. The molecular formula is C14H18ClN3OS. The van der Waals surface area contributed by atoms with Crippen molar-refractivity contribution in [3.05, 3.63) is 41.2 Å². The van der Waals surface area contributed by atoms with Crippen molar-refractivity contribution in [3.8, 4) is 0 Å². The summed E-state index contributed by atoms with van der Waals surface area (Å²) in [6.45, 7) is 3.72. The Bertz CT molecular complexity index is 547. The van der Waals surface area contributed by atoms with Crippen LogP contribution >= 0.6 is 23.4 Å². The lowest BCUT2D eigenvalue weighted by Crippen LogP contribution is -2.03. The fourth-order valence-electron chi connectivity index (χ4n) is 1.89. The van der Waals surface area contributed by atoms with Gasteiger partial charge in [-0.15, -0.1) is 10.2 Å². The van der Waals surface area contributed by atoms with Gasteiger partial charge in [0.05, 0.1) is 0 Å². The first-order chi connectivity index (χ1) is 9.72. The molecular weight excluding hydrogens is 294 g/mol. The molecule has 0 radical (unpaired) electrons. The van der Waals surface area contributed by atoms with E-state index in [1.807, 2.05) is 24.3 Å². The number of hydrogen-bond donors (Lipinski definition) is 0. The molecule has 0 aliphatic heterocycles. The molecule has 0 bridgehead atoms. The zero-order valence-electron chi connectivity index (χ0n) is 11.6. The number of ether oxygens (including phenoxy) is 1. The molecule has 2 rings (SSSR count). The molecule has 0 fully saturated rings. The zero-order valence-corrected chi connectivity index (χ0v) is 13.2. The van der Waals surface area contributed by atoms with Crippen molar-refractivity contribution in [1.82, 2.24) is 14.8 Å². The van der Waals surface area contributed by atoms with Gasteiger partial charge in [-0.2, -0.15) is 0 Å². The van der Waals surface area contributed by atoms with E-state index in [-0.39, 0.29) is 5.25 Å². The molecule has 0 N–H and O–H groups in total. The van der Waals surface area contributed by atoms with Gasteiger partial charge in [0.25, 0.3) is 0 Å². The maximum atomic E-state index is 6.23. The SMILES string of the molecule is COCCCn1cnnc1SC(C)c1ccccc1Cl. The predicted octanol–water partition coefficient (Wildman–Crippen LogP) is 3.82. The third-order valence-corrected chi connectivity index (χ3v) is 4.43. The fraction of sp³-hybridized carbons (Fsp3) is 0.429. The van der Waals surface area contributed by atoms with Crippen molar-refractivity contribution in [1.29, 1.82) is 0 Å². The molecule has 1 unspecified atom stereocenters. The highest BCUT2D eigenvalue weighted by Gasteiger charge is 2.14. The second kappa shape index (κ2) is 7.67. The van der Waals surface area contributed by atoms with Crippen molar-refractivity contribution < 1.29 is 4.74 Å². The average molecular weight is 312 g/mol. The van der Waals surface area contributed by atoms with Crippen LogP contribution in [0, 0.1) is 0 Å². The molecule has 0 spiro atoms. The Morgan fingerprint density at radius 1 is 1.40 bits per heavy atom. The molecule has 20 heavy (non-hydrogen) atoms. The zero-order chi connectivity index (χ0) is 14.4. The summed E-state index contributed by atoms with van der Waals surface area (Å²) < 4.78 is 7.12. The van der Waals surface area contributed by atoms with Crippen molar-refractivity contribution in [3.63, 3.8) is 0 Å². The van der Waals surface area contributed by atoms with Crippen molar-refractivity contribution in [2.75, 3.05) is 13.7 Å². The molecule has 0 saturated carbocycles. The topological polar surface area (TPSA) is 39.9 Å². The normalized spacial score (nSPS) is 12.6. The number of methoxy groups -OCH3 is 1. The molecule has 0 aliphatic carbocycles. The summed E-state index contributed by atoms with van der Waals surface area (Å²) in [5, 5.41) is 10.1. The quantitative estimate of drug-likeness (QED) is 0.575. The first kappa shape index (κ1) is 15.4. The minimum absolute atomic E-state index is 0.231. The maximum absolute atomic E-state index is 6.23. The van der Waals surface area contributed by atoms with E-state index in [9.17, 15) is 0 Å². The van der Waals surface area contributed by atoms with Crippen LogP contribution in [0.2, 0.25) is 5.02 Å². The minimum Gasteiger partial charge on any atom is -0.385 e. The second-order valence-electron chi connectivity index (χ2n) is 4.43. The van der Waals surface area contributed by atoms with Crippen LogP contribution in [0.25, 0.3) is 0 Å². The van der Waals surface area contributed by atoms with Crippen LogP contribution < -0.4 is 0 Å². The summed E-state index contributed by atoms with van der Waals surface area (Å²) in [6, 6.07) is 7.90.